The average Bonchev–Trinajstić information content (AvgIpc) is 2.68. The number of carbonyl (C=O) groups excluding carboxylic acids is 1. The monoisotopic (exact) mass is 364 g/mol. The Balaban J connectivity index is 2.04. The van der Waals surface area contributed by atoms with Crippen molar-refractivity contribution < 1.29 is 4.79 Å². The van der Waals surface area contributed by atoms with Crippen LogP contribution in [0.25, 0.3) is 0 Å². The molecule has 0 saturated carbocycles. The van der Waals surface area contributed by atoms with Crippen LogP contribution in [0.4, 0.5) is 5.69 Å². The minimum absolute atomic E-state index is 0.105. The van der Waals surface area contributed by atoms with E-state index in [0.717, 1.165) is 25.9 Å². The molecule has 2 N–H and O–H groups in total. The maximum atomic E-state index is 12.3. The third-order valence-corrected chi connectivity index (χ3v) is 6.34. The van der Waals surface area contributed by atoms with Gasteiger partial charge in [0, 0.05) is 30.6 Å². The van der Waals surface area contributed by atoms with Gasteiger partial charge in [0.2, 0.25) is 5.91 Å². The van der Waals surface area contributed by atoms with E-state index >= 15 is 0 Å². The number of benzene rings is 2. The second-order valence-electron chi connectivity index (χ2n) is 8.45. The maximum Gasteiger partial charge on any atom is 0.220 e. The van der Waals surface area contributed by atoms with Gasteiger partial charge in [-0.3, -0.25) is 4.79 Å². The minimum Gasteiger partial charge on any atom is -0.371 e. The molecule has 1 saturated heterocycles. The average molecular weight is 365 g/mol. The van der Waals surface area contributed by atoms with Crippen LogP contribution in [0.1, 0.15) is 45.1 Å². The first-order chi connectivity index (χ1) is 12.9. The van der Waals surface area contributed by atoms with Gasteiger partial charge in [-0.15, -0.1) is 0 Å². The van der Waals surface area contributed by atoms with Crippen LogP contribution in [0.2, 0.25) is 0 Å². The van der Waals surface area contributed by atoms with Crippen LogP contribution in [-0.4, -0.2) is 19.0 Å². The van der Waals surface area contributed by atoms with Gasteiger partial charge >= 0.3 is 0 Å². The number of anilines is 1. The molecule has 0 bridgehead atoms. The number of para-hydroxylation sites is 1. The molecule has 1 heterocycles. The summed E-state index contributed by atoms with van der Waals surface area (Å²) in [5.41, 5.74) is 8.32. The first kappa shape index (κ1) is 19.5. The van der Waals surface area contributed by atoms with Gasteiger partial charge in [-0.2, -0.15) is 0 Å². The lowest BCUT2D eigenvalue weighted by molar-refractivity contribution is -0.127. The smallest absolute Gasteiger partial charge is 0.220 e. The van der Waals surface area contributed by atoms with E-state index in [-0.39, 0.29) is 23.2 Å². The van der Waals surface area contributed by atoms with Crippen molar-refractivity contribution in [2.75, 3.05) is 18.0 Å². The van der Waals surface area contributed by atoms with Gasteiger partial charge in [-0.1, -0.05) is 69.3 Å². The zero-order valence-corrected chi connectivity index (χ0v) is 16.8. The van der Waals surface area contributed by atoms with E-state index in [2.05, 4.69) is 79.4 Å². The number of piperidine rings is 1. The first-order valence-corrected chi connectivity index (χ1v) is 10.1. The van der Waals surface area contributed by atoms with E-state index in [4.69, 9.17) is 5.73 Å². The molecule has 1 amide bonds. The molecule has 144 valence electrons. The van der Waals surface area contributed by atoms with Crippen LogP contribution in [0.3, 0.4) is 0 Å². The van der Waals surface area contributed by atoms with Crippen LogP contribution in [0.5, 0.6) is 0 Å². The molecule has 2 aromatic rings. The number of carbonyl (C=O) groups is 1. The van der Waals surface area contributed by atoms with E-state index in [9.17, 15) is 4.79 Å². The van der Waals surface area contributed by atoms with Crippen LogP contribution < -0.4 is 10.6 Å². The Kier molecular flexibility index (Phi) is 5.88. The van der Waals surface area contributed by atoms with Crippen molar-refractivity contribution >= 4 is 11.6 Å². The molecule has 0 radical (unpaired) electrons. The van der Waals surface area contributed by atoms with Crippen molar-refractivity contribution in [2.24, 2.45) is 23.0 Å². The van der Waals surface area contributed by atoms with E-state index in [0.29, 0.717) is 5.92 Å². The van der Waals surface area contributed by atoms with Crippen molar-refractivity contribution in [3.63, 3.8) is 0 Å². The molecule has 0 aliphatic carbocycles. The van der Waals surface area contributed by atoms with Gasteiger partial charge in [-0.25, -0.2) is 0 Å². The summed E-state index contributed by atoms with van der Waals surface area (Å²) in [6.45, 7) is 8.41. The number of amides is 1. The molecular formula is C24H32N2O. The summed E-state index contributed by atoms with van der Waals surface area (Å²) in [4.78, 5) is 14.8. The van der Waals surface area contributed by atoms with E-state index < -0.39 is 0 Å². The van der Waals surface area contributed by atoms with Gasteiger partial charge in [0.25, 0.3) is 0 Å². The molecule has 2 aromatic carbocycles. The predicted molar refractivity (Wildman–Crippen MR) is 113 cm³/mol. The number of hydrogen-bond donors (Lipinski definition) is 1. The van der Waals surface area contributed by atoms with E-state index in [1.54, 1.807) is 0 Å². The summed E-state index contributed by atoms with van der Waals surface area (Å²) in [5.74, 6) is 0.464. The molecule has 3 heteroatoms. The number of rotatable bonds is 6. The largest absolute Gasteiger partial charge is 0.371 e. The van der Waals surface area contributed by atoms with E-state index in [1.165, 1.54) is 11.3 Å². The Morgan fingerprint density at radius 1 is 1.07 bits per heavy atom. The lowest BCUT2D eigenvalue weighted by atomic mass is 9.57. The molecule has 1 aliphatic rings. The second kappa shape index (κ2) is 8.16. The van der Waals surface area contributed by atoms with E-state index in [1.807, 2.05) is 6.92 Å². The molecule has 27 heavy (non-hydrogen) atoms. The summed E-state index contributed by atoms with van der Waals surface area (Å²) >= 11 is 0. The fourth-order valence-electron chi connectivity index (χ4n) is 4.99. The highest BCUT2D eigenvalue weighted by Crippen LogP contribution is 2.52. The van der Waals surface area contributed by atoms with Crippen LogP contribution in [0.15, 0.2) is 60.7 Å². The highest BCUT2D eigenvalue weighted by Gasteiger charge is 2.49. The van der Waals surface area contributed by atoms with Crippen LogP contribution in [-0.2, 0) is 4.79 Å². The quantitative estimate of drug-likeness (QED) is 0.797. The van der Waals surface area contributed by atoms with Gasteiger partial charge in [0.15, 0.2) is 0 Å². The third kappa shape index (κ3) is 4.02. The molecule has 1 fully saturated rings. The Morgan fingerprint density at radius 2 is 1.67 bits per heavy atom. The standard InChI is InChI=1S/C24H32N2O/c1-18(2)16-24(19(3)23(25)27)14-15-26(21-12-8-5-9-13-21)17-22(24)20-10-6-4-7-11-20/h4-13,18-19,22H,14-17H2,1-3H3,(H2,25,27). The summed E-state index contributed by atoms with van der Waals surface area (Å²) in [6, 6.07) is 21.3. The predicted octanol–water partition coefficient (Wildman–Crippen LogP) is 4.83. The summed E-state index contributed by atoms with van der Waals surface area (Å²) in [5, 5.41) is 0. The summed E-state index contributed by atoms with van der Waals surface area (Å²) in [6.07, 6.45) is 1.99. The molecule has 0 spiro atoms. The third-order valence-electron chi connectivity index (χ3n) is 6.34. The lowest BCUT2D eigenvalue weighted by Crippen LogP contribution is -2.52. The second-order valence-corrected chi connectivity index (χ2v) is 8.45. The fraction of sp³-hybridized carbons (Fsp3) is 0.458. The first-order valence-electron chi connectivity index (χ1n) is 10.1. The molecular weight excluding hydrogens is 332 g/mol. The van der Waals surface area contributed by atoms with Crippen molar-refractivity contribution in [1.29, 1.82) is 0 Å². The van der Waals surface area contributed by atoms with Gasteiger partial charge in [0.05, 0.1) is 0 Å². The van der Waals surface area contributed by atoms with Crippen LogP contribution in [0, 0.1) is 17.3 Å². The summed E-state index contributed by atoms with van der Waals surface area (Å²) in [7, 11) is 0. The van der Waals surface area contributed by atoms with Crippen molar-refractivity contribution in [2.45, 2.75) is 39.5 Å². The molecule has 1 aliphatic heterocycles. The Bertz CT molecular complexity index is 743. The normalized spacial score (nSPS) is 24.0. The number of hydrogen-bond acceptors (Lipinski definition) is 2. The Morgan fingerprint density at radius 3 is 2.22 bits per heavy atom. The number of primary amides is 1. The van der Waals surface area contributed by atoms with Gasteiger partial charge < -0.3 is 10.6 Å². The zero-order valence-electron chi connectivity index (χ0n) is 16.8. The molecule has 0 aromatic heterocycles. The van der Waals surface area contributed by atoms with Crippen molar-refractivity contribution in [3.05, 3.63) is 66.2 Å². The minimum atomic E-state index is -0.176. The lowest BCUT2D eigenvalue weighted by Gasteiger charge is -2.52. The van der Waals surface area contributed by atoms with Gasteiger partial charge in [-0.05, 0) is 41.9 Å². The molecule has 3 rings (SSSR count). The summed E-state index contributed by atoms with van der Waals surface area (Å²) < 4.78 is 0. The van der Waals surface area contributed by atoms with Crippen LogP contribution >= 0.6 is 0 Å². The topological polar surface area (TPSA) is 46.3 Å². The molecule has 3 atom stereocenters. The molecule has 3 nitrogen and oxygen atoms in total. The Hall–Kier alpha value is -2.29. The Labute approximate surface area is 163 Å². The molecule has 3 unspecified atom stereocenters. The highest BCUT2D eigenvalue weighted by atomic mass is 16.1. The van der Waals surface area contributed by atoms with Gasteiger partial charge in [0.1, 0.15) is 0 Å². The maximum absolute atomic E-state index is 12.3. The van der Waals surface area contributed by atoms with Crippen molar-refractivity contribution in [1.82, 2.24) is 0 Å². The number of nitrogens with zero attached hydrogens (tertiary/aromatic N) is 1. The fourth-order valence-corrected chi connectivity index (χ4v) is 4.99. The highest BCUT2D eigenvalue weighted by molar-refractivity contribution is 5.77. The number of nitrogens with two attached hydrogens (primary N) is 1. The zero-order chi connectivity index (χ0) is 19.4. The SMILES string of the molecule is CC(C)CC1(C(C)C(N)=O)CCN(c2ccccc2)CC1c1ccccc1. The van der Waals surface area contributed by atoms with Crippen molar-refractivity contribution in [3.8, 4) is 0 Å².